The Morgan fingerprint density at radius 1 is 0.909 bits per heavy atom. The van der Waals surface area contributed by atoms with E-state index < -0.39 is 5.41 Å². The van der Waals surface area contributed by atoms with Crippen LogP contribution in [0.25, 0.3) is 0 Å². The second-order valence-electron chi connectivity index (χ2n) is 9.34. The van der Waals surface area contributed by atoms with Crippen LogP contribution in [-0.4, -0.2) is 10.9 Å². The number of nitriles is 1. The van der Waals surface area contributed by atoms with Crippen LogP contribution < -0.4 is 0 Å². The van der Waals surface area contributed by atoms with Gasteiger partial charge in [0.05, 0.1) is 11.5 Å². The number of nitrogens with zero attached hydrogens (tertiary/aromatic N) is 2. The number of rotatable bonds is 11. The quantitative estimate of drug-likeness (QED) is 0.294. The lowest BCUT2D eigenvalue weighted by Gasteiger charge is -2.35. The van der Waals surface area contributed by atoms with Crippen molar-refractivity contribution in [2.75, 3.05) is 0 Å². The molecule has 4 rings (SSSR count). The molecule has 0 heterocycles. The van der Waals surface area contributed by atoms with Gasteiger partial charge in [-0.3, -0.25) is 4.90 Å². The molecular weight excluding hydrogens is 424 g/mol. The van der Waals surface area contributed by atoms with E-state index in [1.54, 1.807) is 0 Å². The average molecular weight is 457 g/mol. The highest BCUT2D eigenvalue weighted by Gasteiger charge is 2.47. The molecule has 2 atom stereocenters. The molecule has 3 aromatic carbocycles. The van der Waals surface area contributed by atoms with Gasteiger partial charge >= 0.3 is 0 Å². The molecule has 0 saturated heterocycles. The molecular formula is C30H33ClN2. The standard InChI is InChI=1S/C30H33ClN2/c1-2-29(19-20-30(23-32,26-13-14-26)27-15-17-28(31)18-16-27)33(21-24-9-5-3-6-10-24)22-25-11-7-4-8-12-25/h3-12,15-18,26,29H,2,13-14,19-22H2,1H3. The van der Waals surface area contributed by atoms with Crippen molar-refractivity contribution in [3.05, 3.63) is 107 Å². The summed E-state index contributed by atoms with van der Waals surface area (Å²) in [6.07, 6.45) is 5.24. The van der Waals surface area contributed by atoms with Crippen molar-refractivity contribution in [2.45, 2.75) is 63.6 Å². The summed E-state index contributed by atoms with van der Waals surface area (Å²) in [5.41, 5.74) is 3.38. The minimum Gasteiger partial charge on any atom is -0.292 e. The molecule has 1 fully saturated rings. The summed E-state index contributed by atoms with van der Waals surface area (Å²) in [4.78, 5) is 2.60. The molecule has 2 nitrogen and oxygen atoms in total. The topological polar surface area (TPSA) is 27.0 Å². The van der Waals surface area contributed by atoms with Crippen LogP contribution in [0.1, 0.15) is 55.7 Å². The molecule has 0 aliphatic heterocycles. The van der Waals surface area contributed by atoms with Crippen LogP contribution in [0.15, 0.2) is 84.9 Å². The summed E-state index contributed by atoms with van der Waals surface area (Å²) >= 11 is 6.16. The highest BCUT2D eigenvalue weighted by Crippen LogP contribution is 2.50. The van der Waals surface area contributed by atoms with E-state index in [4.69, 9.17) is 11.6 Å². The number of halogens is 1. The molecule has 3 aromatic rings. The van der Waals surface area contributed by atoms with Crippen LogP contribution >= 0.6 is 11.6 Å². The van der Waals surface area contributed by atoms with Gasteiger partial charge in [-0.25, -0.2) is 0 Å². The van der Waals surface area contributed by atoms with E-state index in [1.165, 1.54) is 11.1 Å². The third kappa shape index (κ3) is 5.85. The third-order valence-electron chi connectivity index (χ3n) is 7.15. The zero-order valence-electron chi connectivity index (χ0n) is 19.5. The van der Waals surface area contributed by atoms with Crippen LogP contribution in [-0.2, 0) is 18.5 Å². The van der Waals surface area contributed by atoms with Crippen molar-refractivity contribution in [2.24, 2.45) is 5.92 Å². The van der Waals surface area contributed by atoms with Crippen LogP contribution in [0, 0.1) is 17.2 Å². The van der Waals surface area contributed by atoms with Crippen molar-refractivity contribution >= 4 is 11.6 Å². The summed E-state index contributed by atoms with van der Waals surface area (Å²) in [5, 5.41) is 11.1. The Bertz CT molecular complexity index is 997. The molecule has 0 bridgehead atoms. The lowest BCUT2D eigenvalue weighted by Crippen LogP contribution is -2.36. The molecule has 1 saturated carbocycles. The monoisotopic (exact) mass is 456 g/mol. The average Bonchev–Trinajstić information content (AvgIpc) is 3.70. The SMILES string of the molecule is CCC(CCC(C#N)(c1ccc(Cl)cc1)C1CC1)N(Cc1ccccc1)Cc1ccccc1. The molecule has 2 unspecified atom stereocenters. The summed E-state index contributed by atoms with van der Waals surface area (Å²) < 4.78 is 0. The normalized spacial score (nSPS) is 16.2. The summed E-state index contributed by atoms with van der Waals surface area (Å²) in [7, 11) is 0. The summed E-state index contributed by atoms with van der Waals surface area (Å²) in [6.45, 7) is 4.11. The zero-order valence-corrected chi connectivity index (χ0v) is 20.2. The summed E-state index contributed by atoms with van der Waals surface area (Å²) in [5.74, 6) is 0.456. The first-order chi connectivity index (χ1) is 16.1. The second kappa shape index (κ2) is 11.0. The van der Waals surface area contributed by atoms with E-state index in [9.17, 15) is 5.26 Å². The van der Waals surface area contributed by atoms with E-state index in [0.717, 1.165) is 55.8 Å². The maximum Gasteiger partial charge on any atom is 0.0851 e. The fraction of sp³-hybridized carbons (Fsp3) is 0.367. The number of hydrogen-bond acceptors (Lipinski definition) is 2. The first kappa shape index (κ1) is 23.6. The molecule has 1 aliphatic rings. The van der Waals surface area contributed by atoms with Gasteiger partial charge < -0.3 is 0 Å². The van der Waals surface area contributed by atoms with Crippen LogP contribution in [0.4, 0.5) is 0 Å². The Morgan fingerprint density at radius 2 is 1.45 bits per heavy atom. The smallest absolute Gasteiger partial charge is 0.0851 e. The van der Waals surface area contributed by atoms with Gasteiger partial charge in [-0.05, 0) is 66.8 Å². The highest BCUT2D eigenvalue weighted by molar-refractivity contribution is 6.30. The van der Waals surface area contributed by atoms with Gasteiger partial charge in [-0.15, -0.1) is 0 Å². The predicted octanol–water partition coefficient (Wildman–Crippen LogP) is 7.77. The van der Waals surface area contributed by atoms with Gasteiger partial charge in [-0.1, -0.05) is 91.3 Å². The highest BCUT2D eigenvalue weighted by atomic mass is 35.5. The first-order valence-electron chi connectivity index (χ1n) is 12.1. The Morgan fingerprint density at radius 3 is 1.91 bits per heavy atom. The van der Waals surface area contributed by atoms with Gasteiger partial charge in [0, 0.05) is 24.2 Å². The Hall–Kier alpha value is -2.60. The van der Waals surface area contributed by atoms with Crippen LogP contribution in [0.5, 0.6) is 0 Å². The minimum atomic E-state index is -0.414. The lowest BCUT2D eigenvalue weighted by atomic mass is 9.73. The van der Waals surface area contributed by atoms with Gasteiger partial charge in [0.1, 0.15) is 0 Å². The molecule has 1 aliphatic carbocycles. The van der Waals surface area contributed by atoms with E-state index in [0.29, 0.717) is 12.0 Å². The molecule has 170 valence electrons. The summed E-state index contributed by atoms with van der Waals surface area (Å²) in [6, 6.07) is 32.6. The molecule has 0 aromatic heterocycles. The van der Waals surface area contributed by atoms with E-state index >= 15 is 0 Å². The van der Waals surface area contributed by atoms with Gasteiger partial charge in [0.2, 0.25) is 0 Å². The Labute approximate surface area is 203 Å². The number of benzene rings is 3. The van der Waals surface area contributed by atoms with Crippen molar-refractivity contribution in [3.63, 3.8) is 0 Å². The molecule has 0 amide bonds. The van der Waals surface area contributed by atoms with Crippen LogP contribution in [0.2, 0.25) is 5.02 Å². The maximum atomic E-state index is 10.4. The maximum absolute atomic E-state index is 10.4. The minimum absolute atomic E-state index is 0.407. The van der Waals surface area contributed by atoms with E-state index in [2.05, 4.69) is 90.7 Å². The van der Waals surface area contributed by atoms with Gasteiger partial charge in [-0.2, -0.15) is 5.26 Å². The second-order valence-corrected chi connectivity index (χ2v) is 9.78. The van der Waals surface area contributed by atoms with Crippen molar-refractivity contribution in [1.29, 1.82) is 5.26 Å². The molecule has 3 heteroatoms. The largest absolute Gasteiger partial charge is 0.292 e. The van der Waals surface area contributed by atoms with Crippen molar-refractivity contribution in [3.8, 4) is 6.07 Å². The molecule has 33 heavy (non-hydrogen) atoms. The molecule has 0 radical (unpaired) electrons. The van der Waals surface area contributed by atoms with Crippen molar-refractivity contribution < 1.29 is 0 Å². The fourth-order valence-electron chi connectivity index (χ4n) is 5.11. The molecule has 0 N–H and O–H groups in total. The first-order valence-corrected chi connectivity index (χ1v) is 12.5. The third-order valence-corrected chi connectivity index (χ3v) is 7.40. The Kier molecular flexibility index (Phi) is 7.86. The predicted molar refractivity (Wildman–Crippen MR) is 137 cm³/mol. The fourth-order valence-corrected chi connectivity index (χ4v) is 5.23. The zero-order chi connectivity index (χ0) is 23.1. The van der Waals surface area contributed by atoms with E-state index in [-0.39, 0.29) is 0 Å². The lowest BCUT2D eigenvalue weighted by molar-refractivity contribution is 0.154. The Balaban J connectivity index is 1.56. The van der Waals surface area contributed by atoms with Gasteiger partial charge in [0.15, 0.2) is 0 Å². The number of hydrogen-bond donors (Lipinski definition) is 0. The van der Waals surface area contributed by atoms with Crippen LogP contribution in [0.3, 0.4) is 0 Å². The van der Waals surface area contributed by atoms with Crippen molar-refractivity contribution in [1.82, 2.24) is 4.90 Å². The van der Waals surface area contributed by atoms with Gasteiger partial charge in [0.25, 0.3) is 0 Å². The molecule has 0 spiro atoms. The van der Waals surface area contributed by atoms with E-state index in [1.807, 2.05) is 12.1 Å².